The van der Waals surface area contributed by atoms with Crippen molar-refractivity contribution in [2.24, 2.45) is 0 Å². The molecule has 38 heavy (non-hydrogen) atoms. The Labute approximate surface area is 217 Å². The number of nitrogens with one attached hydrogen (secondary N) is 1. The lowest BCUT2D eigenvalue weighted by atomic mass is 9.98. The van der Waals surface area contributed by atoms with Crippen LogP contribution < -0.4 is 5.32 Å². The maximum Gasteiger partial charge on any atom is 0.325 e. The summed E-state index contributed by atoms with van der Waals surface area (Å²) in [6.45, 7) is 1.39. The molecule has 0 atom stereocenters. The van der Waals surface area contributed by atoms with Gasteiger partial charge >= 0.3 is 5.97 Å². The molecule has 0 bridgehead atoms. The van der Waals surface area contributed by atoms with Crippen molar-refractivity contribution in [3.63, 3.8) is 0 Å². The van der Waals surface area contributed by atoms with E-state index >= 15 is 0 Å². The second kappa shape index (κ2) is 9.94. The largest absolute Gasteiger partial charge is 0.506 e. The number of phenolic OH excluding ortho intramolecular Hbond substituents is 1. The van der Waals surface area contributed by atoms with E-state index in [1.165, 1.54) is 30.7 Å². The van der Waals surface area contributed by atoms with E-state index in [0.29, 0.717) is 22.0 Å². The van der Waals surface area contributed by atoms with Crippen molar-refractivity contribution >= 4 is 43.8 Å². The van der Waals surface area contributed by atoms with Crippen LogP contribution in [0.15, 0.2) is 84.1 Å². The number of benzene rings is 3. The Morgan fingerprint density at radius 3 is 2.47 bits per heavy atom. The van der Waals surface area contributed by atoms with E-state index in [4.69, 9.17) is 4.74 Å². The zero-order valence-corrected chi connectivity index (χ0v) is 21.0. The summed E-state index contributed by atoms with van der Waals surface area (Å²) in [6, 6.07) is 16.4. The van der Waals surface area contributed by atoms with Gasteiger partial charge in [0, 0.05) is 35.1 Å². The number of fused-ring (bicyclic) bond motifs is 2. The Bertz CT molecular complexity index is 1800. The summed E-state index contributed by atoms with van der Waals surface area (Å²) in [4.78, 5) is 33.5. The Morgan fingerprint density at radius 1 is 1.00 bits per heavy atom. The number of aromatic nitrogens is 3. The normalized spacial score (nSPS) is 11.5. The number of nitrogens with zero attached hydrogens (tertiary/aromatic N) is 3. The minimum Gasteiger partial charge on any atom is -0.506 e. The highest BCUT2D eigenvalue weighted by Crippen LogP contribution is 2.41. The molecule has 2 N–H and O–H groups in total. The van der Waals surface area contributed by atoms with Gasteiger partial charge in [-0.2, -0.15) is 0 Å². The predicted octanol–water partition coefficient (Wildman–Crippen LogP) is 3.49. The number of amides is 1. The van der Waals surface area contributed by atoms with Gasteiger partial charge in [0.1, 0.15) is 23.4 Å². The summed E-state index contributed by atoms with van der Waals surface area (Å²) in [5.74, 6) is -1.83. The van der Waals surface area contributed by atoms with Crippen molar-refractivity contribution in [3.05, 3.63) is 84.8 Å². The van der Waals surface area contributed by atoms with Crippen molar-refractivity contribution in [2.75, 3.05) is 13.2 Å². The molecule has 11 heteroatoms. The summed E-state index contributed by atoms with van der Waals surface area (Å²) < 4.78 is 33.1. The Kier molecular flexibility index (Phi) is 6.52. The van der Waals surface area contributed by atoms with Crippen molar-refractivity contribution in [2.45, 2.75) is 11.8 Å². The molecule has 2 aromatic heterocycles. The molecular weight excluding hydrogens is 508 g/mol. The average molecular weight is 531 g/mol. The number of ether oxygens (including phenoxy) is 1. The molecule has 0 aliphatic heterocycles. The fraction of sp³-hybridized carbons (Fsp3) is 0.111. The molecule has 5 aromatic rings. The third kappa shape index (κ3) is 4.33. The van der Waals surface area contributed by atoms with Crippen LogP contribution in [0.2, 0.25) is 0 Å². The van der Waals surface area contributed by atoms with Crippen molar-refractivity contribution in [1.29, 1.82) is 0 Å². The van der Waals surface area contributed by atoms with Crippen LogP contribution in [0, 0.1) is 0 Å². The first-order valence-electron chi connectivity index (χ1n) is 11.6. The maximum atomic E-state index is 13.5. The summed E-state index contributed by atoms with van der Waals surface area (Å²) in [5, 5.41) is 14.3. The van der Waals surface area contributed by atoms with Crippen LogP contribution in [0.1, 0.15) is 17.3 Å². The molecule has 0 saturated carbocycles. The van der Waals surface area contributed by atoms with Crippen molar-refractivity contribution in [3.8, 4) is 16.9 Å². The zero-order valence-electron chi connectivity index (χ0n) is 20.2. The number of rotatable bonds is 7. The summed E-state index contributed by atoms with van der Waals surface area (Å²) >= 11 is 0. The van der Waals surface area contributed by atoms with Gasteiger partial charge in [-0.3, -0.25) is 19.6 Å². The molecule has 0 saturated heterocycles. The smallest absolute Gasteiger partial charge is 0.325 e. The fourth-order valence-corrected chi connectivity index (χ4v) is 5.63. The molecule has 5 rings (SSSR count). The van der Waals surface area contributed by atoms with E-state index in [0.717, 1.165) is 3.97 Å². The zero-order chi connectivity index (χ0) is 26.9. The van der Waals surface area contributed by atoms with Gasteiger partial charge in [0.05, 0.1) is 22.5 Å². The molecule has 0 fully saturated rings. The summed E-state index contributed by atoms with van der Waals surface area (Å²) in [6.07, 6.45) is 4.22. The number of phenols is 1. The molecule has 10 nitrogen and oxygen atoms in total. The Balaban J connectivity index is 1.71. The predicted molar refractivity (Wildman–Crippen MR) is 140 cm³/mol. The van der Waals surface area contributed by atoms with Crippen LogP contribution in [0.4, 0.5) is 0 Å². The highest BCUT2D eigenvalue weighted by atomic mass is 32.2. The molecule has 3 aromatic carbocycles. The number of esters is 1. The summed E-state index contributed by atoms with van der Waals surface area (Å²) in [5.41, 5.74) is 1.15. The first-order chi connectivity index (χ1) is 18.3. The van der Waals surface area contributed by atoms with Crippen LogP contribution in [-0.4, -0.2) is 52.5 Å². The lowest BCUT2D eigenvalue weighted by Crippen LogP contribution is -2.31. The fourth-order valence-electron chi connectivity index (χ4n) is 4.24. The molecule has 0 unspecified atom stereocenters. The number of aromatic hydroxyl groups is 1. The van der Waals surface area contributed by atoms with Gasteiger partial charge in [0.15, 0.2) is 0 Å². The van der Waals surface area contributed by atoms with Gasteiger partial charge in [0.2, 0.25) is 0 Å². The standard InChI is InChI=1S/C27H22N4O6S/c1-2-37-23(32)15-30-27(34)24-25-21(28-12-13-29-25)14-19(26(24)33)20-16-31(22-11-7-6-10-18(20)22)38(35,36)17-8-4-3-5-9-17/h3-14,16,33H,2,15H2,1H3,(H,30,34). The number of carbonyl (C=O) groups is 2. The van der Waals surface area contributed by atoms with Crippen molar-refractivity contribution in [1.82, 2.24) is 19.3 Å². The molecule has 0 aliphatic rings. The van der Waals surface area contributed by atoms with Gasteiger partial charge in [-0.1, -0.05) is 36.4 Å². The quantitative estimate of drug-likeness (QED) is 0.305. The molecule has 0 aliphatic carbocycles. The first kappa shape index (κ1) is 24.9. The number of hydrogen-bond acceptors (Lipinski definition) is 8. The SMILES string of the molecule is CCOC(=O)CNC(=O)c1c(O)c(-c2cn(S(=O)(=O)c3ccccc3)c3ccccc23)cc2nccnc12. The Morgan fingerprint density at radius 2 is 1.71 bits per heavy atom. The van der Waals surface area contributed by atoms with Gasteiger partial charge in [-0.05, 0) is 31.2 Å². The highest BCUT2D eigenvalue weighted by molar-refractivity contribution is 7.90. The van der Waals surface area contributed by atoms with Gasteiger partial charge in [0.25, 0.3) is 15.9 Å². The first-order valence-corrected chi connectivity index (χ1v) is 13.1. The third-order valence-corrected chi connectivity index (χ3v) is 7.62. The highest BCUT2D eigenvalue weighted by Gasteiger charge is 2.26. The molecule has 0 spiro atoms. The lowest BCUT2D eigenvalue weighted by Gasteiger charge is -2.12. The Hall–Kier alpha value is -4.77. The van der Waals surface area contributed by atoms with Gasteiger partial charge in [-0.25, -0.2) is 12.4 Å². The van der Waals surface area contributed by atoms with E-state index in [9.17, 15) is 23.1 Å². The molecule has 192 valence electrons. The van der Waals surface area contributed by atoms with Gasteiger partial charge in [-0.15, -0.1) is 0 Å². The maximum absolute atomic E-state index is 13.5. The third-order valence-electron chi connectivity index (χ3n) is 5.93. The van der Waals surface area contributed by atoms with E-state index in [1.54, 1.807) is 55.5 Å². The molecule has 2 heterocycles. The van der Waals surface area contributed by atoms with Crippen LogP contribution in [0.25, 0.3) is 33.1 Å². The second-order valence-electron chi connectivity index (χ2n) is 8.23. The van der Waals surface area contributed by atoms with E-state index in [-0.39, 0.29) is 28.1 Å². The number of hydrogen-bond donors (Lipinski definition) is 2. The lowest BCUT2D eigenvalue weighted by molar-refractivity contribution is -0.141. The summed E-state index contributed by atoms with van der Waals surface area (Å²) in [7, 11) is -3.98. The van der Waals surface area contributed by atoms with Crippen molar-refractivity contribution < 1.29 is 27.9 Å². The average Bonchev–Trinajstić information content (AvgIpc) is 3.32. The topological polar surface area (TPSA) is 140 Å². The minimum atomic E-state index is -3.98. The monoisotopic (exact) mass is 530 g/mol. The molecular formula is C27H22N4O6S. The molecule has 1 amide bonds. The van der Waals surface area contributed by atoms with Crippen LogP contribution in [0.3, 0.4) is 0 Å². The van der Waals surface area contributed by atoms with Crippen LogP contribution in [0.5, 0.6) is 5.75 Å². The van der Waals surface area contributed by atoms with Crippen LogP contribution >= 0.6 is 0 Å². The van der Waals surface area contributed by atoms with E-state index in [2.05, 4.69) is 15.3 Å². The van der Waals surface area contributed by atoms with E-state index < -0.39 is 34.2 Å². The number of carbonyl (C=O) groups excluding carboxylic acids is 2. The molecule has 0 radical (unpaired) electrons. The van der Waals surface area contributed by atoms with Gasteiger partial charge < -0.3 is 15.2 Å². The minimum absolute atomic E-state index is 0.0972. The number of para-hydroxylation sites is 1. The second-order valence-corrected chi connectivity index (χ2v) is 10.0. The van der Waals surface area contributed by atoms with Crippen LogP contribution in [-0.2, 0) is 19.6 Å². The van der Waals surface area contributed by atoms with E-state index in [1.807, 2.05) is 0 Å².